The first-order valence-electron chi connectivity index (χ1n) is 9.84. The van der Waals surface area contributed by atoms with Crippen LogP contribution < -0.4 is 21.3 Å². The number of hydrogen-bond acceptors (Lipinski definition) is 6. The smallest absolute Gasteiger partial charge is 0.327 e. The molecule has 9 nitrogen and oxygen atoms in total. The zero-order chi connectivity index (χ0) is 22.1. The van der Waals surface area contributed by atoms with E-state index in [0.717, 1.165) is 18.5 Å². The van der Waals surface area contributed by atoms with Crippen LogP contribution in [0.3, 0.4) is 0 Å². The number of carboxylic acid groups (broad SMARTS) is 1. The van der Waals surface area contributed by atoms with Gasteiger partial charge in [0, 0.05) is 12.2 Å². The van der Waals surface area contributed by atoms with E-state index in [1.807, 2.05) is 6.07 Å². The summed E-state index contributed by atoms with van der Waals surface area (Å²) < 4.78 is 0. The van der Waals surface area contributed by atoms with Crippen molar-refractivity contribution in [3.63, 3.8) is 0 Å². The van der Waals surface area contributed by atoms with Gasteiger partial charge < -0.3 is 26.4 Å². The number of carbonyl (C=O) groups is 4. The Labute approximate surface area is 180 Å². The number of carbonyl (C=O) groups excluding carboxylic acids is 3. The predicted molar refractivity (Wildman–Crippen MR) is 114 cm³/mol. The third kappa shape index (κ3) is 7.03. The average molecular weight is 437 g/mol. The molecule has 0 aromatic heterocycles. The fourth-order valence-electron chi connectivity index (χ4n) is 3.10. The second-order valence-corrected chi connectivity index (χ2v) is 7.58. The third-order valence-corrected chi connectivity index (χ3v) is 5.21. The highest BCUT2D eigenvalue weighted by Crippen LogP contribution is 2.07. The Morgan fingerprint density at radius 2 is 1.77 bits per heavy atom. The molecule has 30 heavy (non-hydrogen) atoms. The lowest BCUT2D eigenvalue weighted by Crippen LogP contribution is -2.57. The van der Waals surface area contributed by atoms with E-state index in [2.05, 4.69) is 33.9 Å². The summed E-state index contributed by atoms with van der Waals surface area (Å²) in [5.41, 5.74) is 0.794. The Hall–Kier alpha value is -2.59. The van der Waals surface area contributed by atoms with E-state index in [9.17, 15) is 19.2 Å². The molecule has 0 saturated carbocycles. The van der Waals surface area contributed by atoms with Gasteiger partial charge >= 0.3 is 5.97 Å². The van der Waals surface area contributed by atoms with Crippen LogP contribution in [0.15, 0.2) is 30.3 Å². The molecule has 0 radical (unpaired) electrons. The zero-order valence-electron chi connectivity index (χ0n) is 16.8. The van der Waals surface area contributed by atoms with Crippen molar-refractivity contribution in [2.24, 2.45) is 0 Å². The number of thiol groups is 1. The summed E-state index contributed by atoms with van der Waals surface area (Å²) in [4.78, 5) is 48.8. The van der Waals surface area contributed by atoms with E-state index in [4.69, 9.17) is 5.11 Å². The van der Waals surface area contributed by atoms with Gasteiger partial charge in [0.1, 0.15) is 18.1 Å². The quantitative estimate of drug-likeness (QED) is 0.273. The molecule has 1 aliphatic heterocycles. The van der Waals surface area contributed by atoms with Gasteiger partial charge in [-0.05, 0) is 31.9 Å². The molecule has 0 bridgehead atoms. The number of benzene rings is 1. The van der Waals surface area contributed by atoms with E-state index in [1.165, 1.54) is 6.92 Å². The van der Waals surface area contributed by atoms with E-state index < -0.39 is 35.9 Å². The maximum absolute atomic E-state index is 12.7. The van der Waals surface area contributed by atoms with Crippen molar-refractivity contribution >= 4 is 36.3 Å². The molecular formula is C20H28N4O5S. The molecule has 164 valence electrons. The van der Waals surface area contributed by atoms with Crippen LogP contribution in [-0.2, 0) is 25.6 Å². The van der Waals surface area contributed by atoms with Crippen LogP contribution in [0.5, 0.6) is 0 Å². The third-order valence-electron chi connectivity index (χ3n) is 4.84. The molecule has 1 fully saturated rings. The Bertz CT molecular complexity index is 755. The lowest BCUT2D eigenvalue weighted by Gasteiger charge is -2.23. The summed E-state index contributed by atoms with van der Waals surface area (Å²) in [7, 11) is 0. The minimum Gasteiger partial charge on any atom is -0.480 e. The molecule has 1 aromatic rings. The van der Waals surface area contributed by atoms with Gasteiger partial charge in [-0.1, -0.05) is 30.3 Å². The van der Waals surface area contributed by atoms with Crippen molar-refractivity contribution in [3.8, 4) is 0 Å². The van der Waals surface area contributed by atoms with Gasteiger partial charge in [-0.3, -0.25) is 14.4 Å². The van der Waals surface area contributed by atoms with Crippen molar-refractivity contribution in [1.29, 1.82) is 0 Å². The van der Waals surface area contributed by atoms with Gasteiger partial charge in [0.05, 0.1) is 6.04 Å². The van der Waals surface area contributed by atoms with Crippen molar-refractivity contribution in [3.05, 3.63) is 35.9 Å². The van der Waals surface area contributed by atoms with E-state index in [0.29, 0.717) is 6.42 Å². The number of carboxylic acids is 1. The maximum atomic E-state index is 12.7. The summed E-state index contributed by atoms with van der Waals surface area (Å²) in [6.07, 6.45) is 1.77. The molecule has 5 N–H and O–H groups in total. The first-order valence-corrected chi connectivity index (χ1v) is 10.5. The average Bonchev–Trinajstić information content (AvgIpc) is 3.26. The standard InChI is InChI=1S/C20H28N4O5S/c1-12(22-18(26)14-8-5-9-21-14)17(25)23-15(10-13-6-3-2-4-7-13)19(27)24-16(11-30)20(28)29/h2-4,6-7,12,14-16,21,30H,5,8-11H2,1H3,(H,22,26)(H,23,25)(H,24,27)(H,28,29). The molecule has 4 unspecified atom stereocenters. The van der Waals surface area contributed by atoms with Gasteiger partial charge in [0.25, 0.3) is 0 Å². The molecule has 1 heterocycles. The second-order valence-electron chi connectivity index (χ2n) is 7.21. The van der Waals surface area contributed by atoms with Crippen molar-refractivity contribution in [2.75, 3.05) is 12.3 Å². The lowest BCUT2D eigenvalue weighted by atomic mass is 10.0. The van der Waals surface area contributed by atoms with Crippen LogP contribution in [0.1, 0.15) is 25.3 Å². The summed E-state index contributed by atoms with van der Waals surface area (Å²) >= 11 is 3.94. The largest absolute Gasteiger partial charge is 0.480 e. The summed E-state index contributed by atoms with van der Waals surface area (Å²) in [6.45, 7) is 2.29. The lowest BCUT2D eigenvalue weighted by molar-refractivity contribution is -0.141. The molecule has 2 rings (SSSR count). The van der Waals surface area contributed by atoms with Crippen LogP contribution in [0.25, 0.3) is 0 Å². The monoisotopic (exact) mass is 436 g/mol. The summed E-state index contributed by atoms with van der Waals surface area (Å²) in [6, 6.07) is 5.67. The van der Waals surface area contributed by atoms with Crippen molar-refractivity contribution < 1.29 is 24.3 Å². The van der Waals surface area contributed by atoms with Gasteiger partial charge in [-0.15, -0.1) is 0 Å². The van der Waals surface area contributed by atoms with Gasteiger partial charge in [0.15, 0.2) is 0 Å². The number of aliphatic carboxylic acids is 1. The Morgan fingerprint density at radius 3 is 2.33 bits per heavy atom. The Kier molecular flexibility index (Phi) is 9.13. The van der Waals surface area contributed by atoms with E-state index in [-0.39, 0.29) is 24.1 Å². The summed E-state index contributed by atoms with van der Waals surface area (Å²) in [5, 5.41) is 19.9. The minimum absolute atomic E-state index is 0.0894. The van der Waals surface area contributed by atoms with E-state index in [1.54, 1.807) is 24.3 Å². The topological polar surface area (TPSA) is 137 Å². The van der Waals surface area contributed by atoms with Crippen LogP contribution in [0.2, 0.25) is 0 Å². The number of nitrogens with one attached hydrogen (secondary N) is 4. The van der Waals surface area contributed by atoms with Crippen LogP contribution in [0, 0.1) is 0 Å². The Balaban J connectivity index is 2.04. The number of amides is 3. The molecule has 0 aliphatic carbocycles. The fraction of sp³-hybridized carbons (Fsp3) is 0.500. The fourth-order valence-corrected chi connectivity index (χ4v) is 3.35. The minimum atomic E-state index is -1.21. The molecule has 1 aromatic carbocycles. The Morgan fingerprint density at radius 1 is 1.10 bits per heavy atom. The van der Waals surface area contributed by atoms with Crippen molar-refractivity contribution in [1.82, 2.24) is 21.3 Å². The summed E-state index contributed by atoms with van der Waals surface area (Å²) in [5.74, 6) is -2.73. The zero-order valence-corrected chi connectivity index (χ0v) is 17.7. The molecule has 0 spiro atoms. The highest BCUT2D eigenvalue weighted by molar-refractivity contribution is 7.80. The number of rotatable bonds is 10. The molecule has 10 heteroatoms. The molecule has 4 atom stereocenters. The van der Waals surface area contributed by atoms with Gasteiger partial charge in [-0.25, -0.2) is 4.79 Å². The highest BCUT2D eigenvalue weighted by atomic mass is 32.1. The van der Waals surface area contributed by atoms with Crippen LogP contribution in [0.4, 0.5) is 0 Å². The predicted octanol–water partition coefficient (Wildman–Crippen LogP) is -0.530. The normalized spacial score (nSPS) is 18.7. The van der Waals surface area contributed by atoms with Crippen LogP contribution in [-0.4, -0.2) is 65.3 Å². The highest BCUT2D eigenvalue weighted by Gasteiger charge is 2.29. The van der Waals surface area contributed by atoms with Crippen molar-refractivity contribution in [2.45, 2.75) is 50.4 Å². The van der Waals surface area contributed by atoms with Gasteiger partial charge in [-0.2, -0.15) is 12.6 Å². The molecular weight excluding hydrogens is 408 g/mol. The maximum Gasteiger partial charge on any atom is 0.327 e. The number of hydrogen-bond donors (Lipinski definition) is 6. The van der Waals surface area contributed by atoms with Crippen LogP contribution >= 0.6 is 12.6 Å². The van der Waals surface area contributed by atoms with Gasteiger partial charge in [0.2, 0.25) is 17.7 Å². The SMILES string of the molecule is CC(NC(=O)C1CCCN1)C(=O)NC(Cc1ccccc1)C(=O)NC(CS)C(=O)O. The first kappa shape index (κ1) is 23.7. The van der Waals surface area contributed by atoms with E-state index >= 15 is 0 Å². The molecule has 3 amide bonds. The molecule has 1 aliphatic rings. The molecule has 1 saturated heterocycles. The first-order chi connectivity index (χ1) is 14.3. The second kappa shape index (κ2) is 11.6.